The van der Waals surface area contributed by atoms with Gasteiger partial charge in [-0.3, -0.25) is 0 Å². The van der Waals surface area contributed by atoms with Crippen molar-refractivity contribution in [3.05, 3.63) is 35.1 Å². The Labute approximate surface area is 101 Å². The van der Waals surface area contributed by atoms with Gasteiger partial charge in [-0.15, -0.1) is 0 Å². The van der Waals surface area contributed by atoms with Crippen LogP contribution in [0.5, 0.6) is 0 Å². The number of hydrogen-bond donors (Lipinski definition) is 2. The number of rotatable bonds is 5. The number of halogens is 1. The van der Waals surface area contributed by atoms with Gasteiger partial charge in [0.2, 0.25) is 0 Å². The van der Waals surface area contributed by atoms with Crippen molar-refractivity contribution in [3.8, 4) is 6.07 Å². The van der Waals surface area contributed by atoms with Crippen LogP contribution >= 0.6 is 0 Å². The van der Waals surface area contributed by atoms with Crippen LogP contribution in [0.25, 0.3) is 0 Å². The van der Waals surface area contributed by atoms with E-state index >= 15 is 0 Å². The summed E-state index contributed by atoms with van der Waals surface area (Å²) in [6, 6.07) is 6.31. The lowest BCUT2D eigenvalue weighted by molar-refractivity contribution is 0.230. The molecule has 0 fully saturated rings. The highest BCUT2D eigenvalue weighted by molar-refractivity contribution is 5.34. The Hall–Kier alpha value is -1.44. The Bertz CT molecular complexity index is 424. The second-order valence-electron chi connectivity index (χ2n) is 4.64. The molecule has 0 aliphatic heterocycles. The van der Waals surface area contributed by atoms with Crippen LogP contribution in [0, 0.1) is 17.1 Å². The predicted octanol–water partition coefficient (Wildman–Crippen LogP) is 1.95. The molecule has 0 saturated carbocycles. The number of nitrogens with zero attached hydrogens (tertiary/aromatic N) is 1. The summed E-state index contributed by atoms with van der Waals surface area (Å²) >= 11 is 0. The van der Waals surface area contributed by atoms with E-state index in [9.17, 15) is 4.39 Å². The minimum atomic E-state index is -0.495. The van der Waals surface area contributed by atoms with E-state index in [1.807, 2.05) is 19.9 Å². The normalized spacial score (nSPS) is 11.2. The summed E-state index contributed by atoms with van der Waals surface area (Å²) in [4.78, 5) is 0. The summed E-state index contributed by atoms with van der Waals surface area (Å²) in [5.41, 5.74) is 0.730. The fraction of sp³-hybridized carbons (Fsp3) is 0.462. The first kappa shape index (κ1) is 13.6. The first-order chi connectivity index (χ1) is 7.98. The van der Waals surface area contributed by atoms with Gasteiger partial charge in [-0.1, -0.05) is 6.07 Å². The monoisotopic (exact) mass is 236 g/mol. The lowest BCUT2D eigenvalue weighted by atomic mass is 10.0. The van der Waals surface area contributed by atoms with Crippen LogP contribution in [0.2, 0.25) is 0 Å². The lowest BCUT2D eigenvalue weighted by Gasteiger charge is -2.25. The maximum atomic E-state index is 13.1. The molecule has 0 aliphatic rings. The Morgan fingerprint density at radius 2 is 2.18 bits per heavy atom. The van der Waals surface area contributed by atoms with Crippen molar-refractivity contribution in [1.29, 1.82) is 5.26 Å². The fourth-order valence-corrected chi connectivity index (χ4v) is 1.48. The van der Waals surface area contributed by atoms with E-state index in [4.69, 9.17) is 10.4 Å². The van der Waals surface area contributed by atoms with Gasteiger partial charge in [-0.25, -0.2) is 4.39 Å². The molecule has 0 aromatic heterocycles. The number of benzene rings is 1. The fourth-order valence-electron chi connectivity index (χ4n) is 1.48. The summed E-state index contributed by atoms with van der Waals surface area (Å²) in [6.07, 6.45) is 0.638. The largest absolute Gasteiger partial charge is 0.396 e. The molecule has 2 N–H and O–H groups in total. The highest BCUT2D eigenvalue weighted by atomic mass is 19.1. The van der Waals surface area contributed by atoms with Crippen LogP contribution in [0.15, 0.2) is 18.2 Å². The van der Waals surface area contributed by atoms with Crippen molar-refractivity contribution < 1.29 is 9.50 Å². The van der Waals surface area contributed by atoms with E-state index < -0.39 is 5.82 Å². The topological polar surface area (TPSA) is 56.0 Å². The average Bonchev–Trinajstić information content (AvgIpc) is 2.28. The molecule has 0 aliphatic carbocycles. The van der Waals surface area contributed by atoms with Crippen LogP contribution in [-0.4, -0.2) is 17.3 Å². The maximum Gasteiger partial charge on any atom is 0.140 e. The van der Waals surface area contributed by atoms with E-state index in [0.717, 1.165) is 5.56 Å². The summed E-state index contributed by atoms with van der Waals surface area (Å²) in [5, 5.41) is 20.9. The van der Waals surface area contributed by atoms with E-state index in [1.165, 1.54) is 12.1 Å². The third-order valence-corrected chi connectivity index (χ3v) is 2.66. The molecule has 0 radical (unpaired) electrons. The third-order valence-electron chi connectivity index (χ3n) is 2.66. The molecule has 0 heterocycles. The highest BCUT2D eigenvalue weighted by Crippen LogP contribution is 2.12. The summed E-state index contributed by atoms with van der Waals surface area (Å²) in [7, 11) is 0. The van der Waals surface area contributed by atoms with Crippen LogP contribution in [0.3, 0.4) is 0 Å². The van der Waals surface area contributed by atoms with Crippen molar-refractivity contribution in [2.24, 2.45) is 0 Å². The molecule has 0 atom stereocenters. The summed E-state index contributed by atoms with van der Waals surface area (Å²) < 4.78 is 13.1. The smallest absolute Gasteiger partial charge is 0.140 e. The zero-order chi connectivity index (χ0) is 12.9. The number of nitriles is 1. The predicted molar refractivity (Wildman–Crippen MR) is 63.7 cm³/mol. The Morgan fingerprint density at radius 3 is 2.76 bits per heavy atom. The number of hydrogen-bond acceptors (Lipinski definition) is 3. The van der Waals surface area contributed by atoms with Gasteiger partial charge in [0.05, 0.1) is 5.56 Å². The molecule has 0 amide bonds. The molecule has 4 heteroatoms. The van der Waals surface area contributed by atoms with Crippen molar-refractivity contribution in [2.45, 2.75) is 32.4 Å². The summed E-state index contributed by atoms with van der Waals surface area (Å²) in [6.45, 7) is 4.63. The van der Waals surface area contributed by atoms with Gasteiger partial charge in [0.15, 0.2) is 0 Å². The first-order valence-electron chi connectivity index (χ1n) is 5.53. The minimum Gasteiger partial charge on any atom is -0.396 e. The summed E-state index contributed by atoms with van der Waals surface area (Å²) in [5.74, 6) is -0.495. The van der Waals surface area contributed by atoms with Gasteiger partial charge >= 0.3 is 0 Å². The average molecular weight is 236 g/mol. The highest BCUT2D eigenvalue weighted by Gasteiger charge is 2.15. The molecule has 0 saturated heterocycles. The molecule has 0 unspecified atom stereocenters. The second kappa shape index (κ2) is 5.76. The van der Waals surface area contributed by atoms with Gasteiger partial charge in [-0.2, -0.15) is 5.26 Å². The molecule has 0 bridgehead atoms. The number of nitrogens with one attached hydrogen (secondary N) is 1. The molecule has 1 rings (SSSR count). The Balaban J connectivity index is 2.67. The van der Waals surface area contributed by atoms with Crippen LogP contribution in [-0.2, 0) is 6.54 Å². The standard InChI is InChI=1S/C13H17FN2O/c1-13(2,5-6-17)16-9-10-3-4-12(14)11(7-10)8-15/h3-4,7,16-17H,5-6,9H2,1-2H3. The molecule has 17 heavy (non-hydrogen) atoms. The van der Waals surface area contributed by atoms with E-state index in [1.54, 1.807) is 6.07 Å². The van der Waals surface area contributed by atoms with Crippen LogP contribution in [0.4, 0.5) is 4.39 Å². The van der Waals surface area contributed by atoms with E-state index in [2.05, 4.69) is 5.32 Å². The minimum absolute atomic E-state index is 0.0595. The van der Waals surface area contributed by atoms with Gasteiger partial charge in [0.25, 0.3) is 0 Å². The number of aliphatic hydroxyl groups excluding tert-OH is 1. The molecule has 92 valence electrons. The van der Waals surface area contributed by atoms with Gasteiger partial charge in [0.1, 0.15) is 11.9 Å². The van der Waals surface area contributed by atoms with Gasteiger partial charge in [0, 0.05) is 18.7 Å². The van der Waals surface area contributed by atoms with E-state index in [0.29, 0.717) is 13.0 Å². The molecular formula is C13H17FN2O. The Morgan fingerprint density at radius 1 is 1.47 bits per heavy atom. The Kier molecular flexibility index (Phi) is 4.62. The van der Waals surface area contributed by atoms with Gasteiger partial charge in [-0.05, 0) is 38.0 Å². The quantitative estimate of drug-likeness (QED) is 0.821. The van der Waals surface area contributed by atoms with Crippen molar-refractivity contribution in [3.63, 3.8) is 0 Å². The first-order valence-corrected chi connectivity index (χ1v) is 5.53. The number of aliphatic hydroxyl groups is 1. The maximum absolute atomic E-state index is 13.1. The van der Waals surface area contributed by atoms with Crippen LogP contribution in [0.1, 0.15) is 31.4 Å². The zero-order valence-electron chi connectivity index (χ0n) is 10.1. The van der Waals surface area contributed by atoms with Crippen molar-refractivity contribution in [1.82, 2.24) is 5.32 Å². The third kappa shape index (κ3) is 4.14. The zero-order valence-corrected chi connectivity index (χ0v) is 10.1. The SMILES string of the molecule is CC(C)(CCO)NCc1ccc(F)c(C#N)c1. The van der Waals surface area contributed by atoms with Crippen LogP contribution < -0.4 is 5.32 Å². The lowest BCUT2D eigenvalue weighted by Crippen LogP contribution is -2.39. The van der Waals surface area contributed by atoms with E-state index in [-0.39, 0.29) is 17.7 Å². The molecule has 1 aromatic carbocycles. The van der Waals surface area contributed by atoms with Gasteiger partial charge < -0.3 is 10.4 Å². The molecule has 0 spiro atoms. The molecular weight excluding hydrogens is 219 g/mol. The molecule has 1 aromatic rings. The molecule has 3 nitrogen and oxygen atoms in total. The van der Waals surface area contributed by atoms with Crippen molar-refractivity contribution >= 4 is 0 Å². The van der Waals surface area contributed by atoms with Crippen molar-refractivity contribution in [2.75, 3.05) is 6.61 Å². The second-order valence-corrected chi connectivity index (χ2v) is 4.64.